The molecule has 2 rings (SSSR count). The van der Waals surface area contributed by atoms with E-state index in [2.05, 4.69) is 22.0 Å². The van der Waals surface area contributed by atoms with Gasteiger partial charge >= 0.3 is 0 Å². The van der Waals surface area contributed by atoms with Crippen LogP contribution < -0.4 is 5.73 Å². The molecule has 0 amide bonds. The van der Waals surface area contributed by atoms with Gasteiger partial charge in [0, 0.05) is 10.5 Å². The zero-order valence-electron chi connectivity index (χ0n) is 10.2. The maximum absolute atomic E-state index is 6.20. The minimum Gasteiger partial charge on any atom is -0.327 e. The molecule has 0 heterocycles. The van der Waals surface area contributed by atoms with E-state index in [1.54, 1.807) is 0 Å². The molecule has 2 aromatic carbocycles. The van der Waals surface area contributed by atoms with Gasteiger partial charge in [-0.15, -0.1) is 0 Å². The normalized spacial score (nSPS) is 12.4. The molecule has 0 aromatic heterocycles. The second kappa shape index (κ2) is 6.76. The Morgan fingerprint density at radius 1 is 1.00 bits per heavy atom. The van der Waals surface area contributed by atoms with E-state index in [1.165, 1.54) is 5.56 Å². The van der Waals surface area contributed by atoms with Crippen LogP contribution in [0.2, 0.25) is 10.0 Å². The van der Waals surface area contributed by atoms with Gasteiger partial charge in [0.15, 0.2) is 0 Å². The molecular weight excluding hydrogens is 345 g/mol. The van der Waals surface area contributed by atoms with Crippen molar-refractivity contribution in [2.45, 2.75) is 18.9 Å². The minimum atomic E-state index is 0.0518. The van der Waals surface area contributed by atoms with Gasteiger partial charge in [-0.1, -0.05) is 63.4 Å². The largest absolute Gasteiger partial charge is 0.327 e. The molecule has 0 bridgehead atoms. The summed E-state index contributed by atoms with van der Waals surface area (Å²) in [5.74, 6) is 0. The van der Waals surface area contributed by atoms with Crippen molar-refractivity contribution in [3.8, 4) is 0 Å². The lowest BCUT2D eigenvalue weighted by molar-refractivity contribution is 0.663. The molecule has 0 fully saturated rings. The SMILES string of the molecule is NC(Cc1ccc(Cl)c(Cl)c1)Cc1ccccc1Br. The number of hydrogen-bond acceptors (Lipinski definition) is 1. The van der Waals surface area contributed by atoms with Gasteiger partial charge < -0.3 is 5.73 Å². The van der Waals surface area contributed by atoms with Crippen LogP contribution in [0.4, 0.5) is 0 Å². The van der Waals surface area contributed by atoms with E-state index in [-0.39, 0.29) is 6.04 Å². The first-order chi connectivity index (χ1) is 9.06. The molecule has 4 heteroatoms. The Hall–Kier alpha value is -0.540. The van der Waals surface area contributed by atoms with Crippen LogP contribution in [-0.4, -0.2) is 6.04 Å². The summed E-state index contributed by atoms with van der Waals surface area (Å²) in [4.78, 5) is 0. The van der Waals surface area contributed by atoms with E-state index >= 15 is 0 Å². The topological polar surface area (TPSA) is 26.0 Å². The summed E-state index contributed by atoms with van der Waals surface area (Å²) in [6.45, 7) is 0. The van der Waals surface area contributed by atoms with Gasteiger partial charge in [0.1, 0.15) is 0 Å². The Morgan fingerprint density at radius 3 is 2.42 bits per heavy atom. The van der Waals surface area contributed by atoms with Gasteiger partial charge in [-0.2, -0.15) is 0 Å². The fraction of sp³-hybridized carbons (Fsp3) is 0.200. The Morgan fingerprint density at radius 2 is 1.74 bits per heavy atom. The van der Waals surface area contributed by atoms with Crippen molar-refractivity contribution < 1.29 is 0 Å². The molecular formula is C15H14BrCl2N. The standard InChI is InChI=1S/C15H14BrCl2N/c16-13-4-2-1-3-11(13)9-12(19)7-10-5-6-14(17)15(18)8-10/h1-6,8,12H,7,9,19H2. The fourth-order valence-corrected chi connectivity index (χ4v) is 2.76. The molecule has 2 aromatic rings. The first-order valence-corrected chi connectivity index (χ1v) is 7.54. The van der Waals surface area contributed by atoms with Crippen LogP contribution in [0.25, 0.3) is 0 Å². The quantitative estimate of drug-likeness (QED) is 0.828. The third kappa shape index (κ3) is 4.22. The Bertz CT molecular complexity index is 572. The molecule has 100 valence electrons. The first kappa shape index (κ1) is 14.9. The summed E-state index contributed by atoms with van der Waals surface area (Å²) >= 11 is 15.4. The van der Waals surface area contributed by atoms with Crippen molar-refractivity contribution >= 4 is 39.1 Å². The van der Waals surface area contributed by atoms with Crippen LogP contribution in [-0.2, 0) is 12.8 Å². The van der Waals surface area contributed by atoms with Gasteiger partial charge in [0.05, 0.1) is 10.0 Å². The highest BCUT2D eigenvalue weighted by Crippen LogP contribution is 2.24. The average Bonchev–Trinajstić information content (AvgIpc) is 2.37. The summed E-state index contributed by atoms with van der Waals surface area (Å²) < 4.78 is 1.10. The van der Waals surface area contributed by atoms with Gasteiger partial charge in [0.2, 0.25) is 0 Å². The highest BCUT2D eigenvalue weighted by atomic mass is 79.9. The summed E-state index contributed by atoms with van der Waals surface area (Å²) in [6, 6.07) is 13.8. The maximum Gasteiger partial charge on any atom is 0.0595 e. The van der Waals surface area contributed by atoms with Crippen molar-refractivity contribution in [2.24, 2.45) is 5.73 Å². The summed E-state index contributed by atoms with van der Waals surface area (Å²) in [5.41, 5.74) is 8.52. The molecule has 19 heavy (non-hydrogen) atoms. The van der Waals surface area contributed by atoms with Crippen LogP contribution in [0.5, 0.6) is 0 Å². The molecule has 0 aliphatic carbocycles. The van der Waals surface area contributed by atoms with Crippen LogP contribution in [0.3, 0.4) is 0 Å². The van der Waals surface area contributed by atoms with Crippen LogP contribution in [0.15, 0.2) is 46.9 Å². The highest BCUT2D eigenvalue weighted by Gasteiger charge is 2.09. The second-order valence-corrected chi connectivity index (χ2v) is 6.18. The molecule has 0 saturated carbocycles. The summed E-state index contributed by atoms with van der Waals surface area (Å²) in [5, 5.41) is 1.15. The lowest BCUT2D eigenvalue weighted by atomic mass is 10.00. The third-order valence-corrected chi connectivity index (χ3v) is 4.43. The van der Waals surface area contributed by atoms with Crippen LogP contribution in [0, 0.1) is 0 Å². The van der Waals surface area contributed by atoms with E-state index in [4.69, 9.17) is 28.9 Å². The van der Waals surface area contributed by atoms with Crippen molar-refractivity contribution in [1.29, 1.82) is 0 Å². The van der Waals surface area contributed by atoms with Crippen LogP contribution >= 0.6 is 39.1 Å². The van der Waals surface area contributed by atoms with Crippen molar-refractivity contribution in [3.63, 3.8) is 0 Å². The lowest BCUT2D eigenvalue weighted by Gasteiger charge is -2.13. The first-order valence-electron chi connectivity index (χ1n) is 5.99. The summed E-state index contributed by atoms with van der Waals surface area (Å²) in [6.07, 6.45) is 1.60. The molecule has 0 spiro atoms. The maximum atomic E-state index is 6.20. The Kier molecular flexibility index (Phi) is 5.28. The molecule has 1 nitrogen and oxygen atoms in total. The molecule has 0 aliphatic heterocycles. The van der Waals surface area contributed by atoms with Gasteiger partial charge in [0.25, 0.3) is 0 Å². The van der Waals surface area contributed by atoms with E-state index in [1.807, 2.05) is 36.4 Å². The molecule has 1 unspecified atom stereocenters. The van der Waals surface area contributed by atoms with Gasteiger partial charge in [-0.3, -0.25) is 0 Å². The number of benzene rings is 2. The monoisotopic (exact) mass is 357 g/mol. The highest BCUT2D eigenvalue weighted by molar-refractivity contribution is 9.10. The van der Waals surface area contributed by atoms with Gasteiger partial charge in [-0.05, 0) is 42.2 Å². The number of hydrogen-bond donors (Lipinski definition) is 1. The Balaban J connectivity index is 2.03. The van der Waals surface area contributed by atoms with Crippen LogP contribution in [0.1, 0.15) is 11.1 Å². The smallest absolute Gasteiger partial charge is 0.0595 e. The molecule has 1 atom stereocenters. The zero-order valence-corrected chi connectivity index (χ0v) is 13.3. The average molecular weight is 359 g/mol. The predicted octanol–water partition coefficient (Wildman–Crippen LogP) is 4.87. The molecule has 2 N–H and O–H groups in total. The minimum absolute atomic E-state index is 0.0518. The fourth-order valence-electron chi connectivity index (χ4n) is 1.99. The van der Waals surface area contributed by atoms with E-state index in [0.29, 0.717) is 10.0 Å². The second-order valence-electron chi connectivity index (χ2n) is 4.51. The summed E-state index contributed by atoms with van der Waals surface area (Å²) in [7, 11) is 0. The lowest BCUT2D eigenvalue weighted by Crippen LogP contribution is -2.25. The van der Waals surface area contributed by atoms with Gasteiger partial charge in [-0.25, -0.2) is 0 Å². The number of halogens is 3. The zero-order chi connectivity index (χ0) is 13.8. The van der Waals surface area contributed by atoms with Crippen molar-refractivity contribution in [3.05, 3.63) is 68.1 Å². The third-order valence-electron chi connectivity index (χ3n) is 2.92. The molecule has 0 saturated heterocycles. The number of nitrogens with two attached hydrogens (primary N) is 1. The van der Waals surface area contributed by atoms with E-state index < -0.39 is 0 Å². The molecule has 0 aliphatic rings. The van der Waals surface area contributed by atoms with Crippen molar-refractivity contribution in [2.75, 3.05) is 0 Å². The van der Waals surface area contributed by atoms with Crippen molar-refractivity contribution in [1.82, 2.24) is 0 Å². The van der Waals surface area contributed by atoms with E-state index in [0.717, 1.165) is 22.9 Å². The van der Waals surface area contributed by atoms with E-state index in [9.17, 15) is 0 Å². The number of rotatable bonds is 4. The predicted molar refractivity (Wildman–Crippen MR) is 86.0 cm³/mol. The Labute approximate surface area is 131 Å². The molecule has 0 radical (unpaired) electrons.